The maximum absolute atomic E-state index is 12.3. The van der Waals surface area contributed by atoms with E-state index in [1.54, 1.807) is 6.08 Å². The Hall–Kier alpha value is -1.38. The van der Waals surface area contributed by atoms with Crippen LogP contribution < -0.4 is 0 Å². The molecule has 1 saturated carbocycles. The van der Waals surface area contributed by atoms with Crippen molar-refractivity contribution in [1.29, 1.82) is 0 Å². The largest absolute Gasteiger partial charge is 0.481 e. The van der Waals surface area contributed by atoms with E-state index in [2.05, 4.69) is 12.2 Å². The van der Waals surface area contributed by atoms with Crippen molar-refractivity contribution in [3.8, 4) is 0 Å². The Labute approximate surface area is 100 Å². The predicted octanol–water partition coefficient (Wildman–Crippen LogP) is 2.04. The first-order chi connectivity index (χ1) is 8.18. The lowest BCUT2D eigenvalue weighted by molar-refractivity contribution is -0.141. The minimum Gasteiger partial charge on any atom is -0.481 e. The summed E-state index contributed by atoms with van der Waals surface area (Å²) in [5.41, 5.74) is 0. The fourth-order valence-corrected chi connectivity index (χ4v) is 3.65. The summed E-state index contributed by atoms with van der Waals surface area (Å²) in [6, 6.07) is 0. The highest BCUT2D eigenvalue weighted by molar-refractivity contribution is 5.88. The monoisotopic (exact) mass is 232 g/mol. The van der Waals surface area contributed by atoms with Crippen molar-refractivity contribution in [2.24, 2.45) is 29.6 Å². The first-order valence-electron chi connectivity index (χ1n) is 6.30. The fraction of sp³-hybridized carbons (Fsp3) is 0.571. The molecule has 3 aliphatic rings. The van der Waals surface area contributed by atoms with Gasteiger partial charge in [0.2, 0.25) is 0 Å². The number of ketones is 1. The molecule has 0 aromatic carbocycles. The molecule has 5 unspecified atom stereocenters. The summed E-state index contributed by atoms with van der Waals surface area (Å²) < 4.78 is 0. The van der Waals surface area contributed by atoms with Crippen LogP contribution in [0, 0.1) is 29.6 Å². The molecule has 5 atom stereocenters. The molecule has 3 heteroatoms. The van der Waals surface area contributed by atoms with Crippen LogP contribution in [0.1, 0.15) is 19.3 Å². The lowest BCUT2D eigenvalue weighted by Gasteiger charge is -2.26. The zero-order chi connectivity index (χ0) is 12.0. The normalized spacial score (nSPS) is 43.3. The predicted molar refractivity (Wildman–Crippen MR) is 62.2 cm³/mol. The molecule has 17 heavy (non-hydrogen) atoms. The molecule has 3 rings (SSSR count). The average Bonchev–Trinajstić information content (AvgIpc) is 2.64. The van der Waals surface area contributed by atoms with Crippen LogP contribution in [0.15, 0.2) is 24.3 Å². The molecule has 3 aliphatic carbocycles. The first kappa shape index (κ1) is 10.8. The maximum atomic E-state index is 12.3. The quantitative estimate of drug-likeness (QED) is 0.704. The summed E-state index contributed by atoms with van der Waals surface area (Å²) >= 11 is 0. The van der Waals surface area contributed by atoms with E-state index in [4.69, 9.17) is 5.11 Å². The van der Waals surface area contributed by atoms with Crippen molar-refractivity contribution in [3.63, 3.8) is 0 Å². The molecule has 0 aliphatic heterocycles. The molecule has 0 amide bonds. The summed E-state index contributed by atoms with van der Waals surface area (Å²) in [6.45, 7) is 0. The molecule has 1 N–H and O–H groups in total. The zero-order valence-electron chi connectivity index (χ0n) is 9.58. The number of rotatable bonds is 1. The van der Waals surface area contributed by atoms with Gasteiger partial charge in [-0.05, 0) is 31.1 Å². The summed E-state index contributed by atoms with van der Waals surface area (Å²) in [4.78, 5) is 23.3. The van der Waals surface area contributed by atoms with Crippen LogP contribution >= 0.6 is 0 Å². The molecule has 90 valence electrons. The number of carboxylic acid groups (broad SMARTS) is 1. The molecule has 0 spiro atoms. The van der Waals surface area contributed by atoms with E-state index in [9.17, 15) is 9.59 Å². The van der Waals surface area contributed by atoms with Crippen LogP contribution in [0.4, 0.5) is 0 Å². The number of fused-ring (bicyclic) bond motifs is 3. The number of hydrogen-bond acceptors (Lipinski definition) is 2. The Balaban J connectivity index is 1.90. The Kier molecular flexibility index (Phi) is 2.42. The van der Waals surface area contributed by atoms with Gasteiger partial charge in [-0.2, -0.15) is 0 Å². The molecular weight excluding hydrogens is 216 g/mol. The van der Waals surface area contributed by atoms with Gasteiger partial charge in [-0.15, -0.1) is 0 Å². The standard InChI is InChI=1S/C14H16O3/c15-13-11-4-2-1-3-9(11)10-6-5-8(14(16)17)7-12(10)13/h1,3,5-6,8-12H,2,4,7H2,(H,16,17). The Bertz CT molecular complexity index is 421. The van der Waals surface area contributed by atoms with E-state index in [0.717, 1.165) is 12.8 Å². The van der Waals surface area contributed by atoms with E-state index in [0.29, 0.717) is 18.1 Å². The number of carbonyl (C=O) groups is 2. The van der Waals surface area contributed by atoms with E-state index < -0.39 is 11.9 Å². The number of carbonyl (C=O) groups excluding carboxylic acids is 1. The SMILES string of the molecule is O=C(O)C1C=CC2C(C1)C(=O)C1CCC=CC12. The second-order valence-electron chi connectivity index (χ2n) is 5.34. The third-order valence-electron chi connectivity index (χ3n) is 4.50. The molecule has 0 aromatic rings. The molecule has 0 saturated heterocycles. The van der Waals surface area contributed by atoms with Crippen LogP contribution in [0.2, 0.25) is 0 Å². The third-order valence-corrected chi connectivity index (χ3v) is 4.50. The summed E-state index contributed by atoms with van der Waals surface area (Å²) in [5.74, 6) is -0.305. The lowest BCUT2D eigenvalue weighted by atomic mass is 9.77. The molecule has 0 heterocycles. The van der Waals surface area contributed by atoms with Gasteiger partial charge < -0.3 is 5.11 Å². The van der Waals surface area contributed by atoms with Crippen LogP contribution in [0.5, 0.6) is 0 Å². The fourth-order valence-electron chi connectivity index (χ4n) is 3.65. The third kappa shape index (κ3) is 1.56. The summed E-state index contributed by atoms with van der Waals surface area (Å²) in [7, 11) is 0. The highest BCUT2D eigenvalue weighted by Crippen LogP contribution is 2.49. The van der Waals surface area contributed by atoms with Crippen molar-refractivity contribution in [3.05, 3.63) is 24.3 Å². The maximum Gasteiger partial charge on any atom is 0.310 e. The smallest absolute Gasteiger partial charge is 0.310 e. The van der Waals surface area contributed by atoms with Crippen LogP contribution in [-0.2, 0) is 9.59 Å². The second kappa shape index (κ2) is 3.83. The van der Waals surface area contributed by atoms with Gasteiger partial charge in [0.15, 0.2) is 0 Å². The Morgan fingerprint density at radius 3 is 2.71 bits per heavy atom. The minimum atomic E-state index is -0.807. The van der Waals surface area contributed by atoms with E-state index >= 15 is 0 Å². The minimum absolute atomic E-state index is 0.0566. The second-order valence-corrected chi connectivity index (χ2v) is 5.34. The van der Waals surface area contributed by atoms with Crippen LogP contribution in [0.25, 0.3) is 0 Å². The van der Waals surface area contributed by atoms with Gasteiger partial charge in [0.25, 0.3) is 0 Å². The highest BCUT2D eigenvalue weighted by atomic mass is 16.4. The van der Waals surface area contributed by atoms with E-state index in [1.165, 1.54) is 0 Å². The topological polar surface area (TPSA) is 54.4 Å². The van der Waals surface area contributed by atoms with Gasteiger partial charge in [0, 0.05) is 11.8 Å². The summed E-state index contributed by atoms with van der Waals surface area (Å²) in [6.07, 6.45) is 10.5. The molecular formula is C14H16O3. The molecule has 3 nitrogen and oxygen atoms in total. The van der Waals surface area contributed by atoms with Gasteiger partial charge in [-0.25, -0.2) is 0 Å². The van der Waals surface area contributed by atoms with Crippen molar-refractivity contribution in [1.82, 2.24) is 0 Å². The number of hydrogen-bond donors (Lipinski definition) is 1. The van der Waals surface area contributed by atoms with Crippen molar-refractivity contribution < 1.29 is 14.7 Å². The van der Waals surface area contributed by atoms with E-state index in [-0.39, 0.29) is 17.8 Å². The van der Waals surface area contributed by atoms with Gasteiger partial charge in [-0.3, -0.25) is 9.59 Å². The summed E-state index contributed by atoms with van der Waals surface area (Å²) in [5, 5.41) is 9.03. The van der Waals surface area contributed by atoms with Crippen LogP contribution in [0.3, 0.4) is 0 Å². The van der Waals surface area contributed by atoms with Crippen molar-refractivity contribution in [2.45, 2.75) is 19.3 Å². The van der Waals surface area contributed by atoms with Crippen molar-refractivity contribution in [2.75, 3.05) is 0 Å². The highest BCUT2D eigenvalue weighted by Gasteiger charge is 2.50. The molecule has 0 aromatic heterocycles. The van der Waals surface area contributed by atoms with Crippen molar-refractivity contribution >= 4 is 11.8 Å². The average molecular weight is 232 g/mol. The molecule has 0 bridgehead atoms. The Morgan fingerprint density at radius 1 is 1.18 bits per heavy atom. The molecule has 0 radical (unpaired) electrons. The van der Waals surface area contributed by atoms with E-state index in [1.807, 2.05) is 6.08 Å². The first-order valence-corrected chi connectivity index (χ1v) is 6.30. The van der Waals surface area contributed by atoms with Gasteiger partial charge in [-0.1, -0.05) is 24.3 Å². The van der Waals surface area contributed by atoms with Gasteiger partial charge in [0.1, 0.15) is 5.78 Å². The zero-order valence-corrected chi connectivity index (χ0v) is 9.58. The lowest BCUT2D eigenvalue weighted by Crippen LogP contribution is -2.26. The van der Waals surface area contributed by atoms with Gasteiger partial charge >= 0.3 is 5.97 Å². The van der Waals surface area contributed by atoms with Crippen LogP contribution in [-0.4, -0.2) is 16.9 Å². The number of aliphatic carboxylic acids is 1. The van der Waals surface area contributed by atoms with Gasteiger partial charge in [0.05, 0.1) is 5.92 Å². The molecule has 1 fully saturated rings. The number of allylic oxidation sites excluding steroid dienone is 3. The number of Topliss-reactive ketones (excluding diaryl/α,β-unsaturated/α-hetero) is 1. The number of carboxylic acids is 1. The Morgan fingerprint density at radius 2 is 1.94 bits per heavy atom.